The molecule has 1 heterocycles. The van der Waals surface area contributed by atoms with Gasteiger partial charge >= 0.3 is 0 Å². The molecule has 1 aliphatic heterocycles. The molecule has 5 nitrogen and oxygen atoms in total. The van der Waals surface area contributed by atoms with E-state index in [2.05, 4.69) is 0 Å². The maximum Gasteiger partial charge on any atom is 0.261 e. The Kier molecular flexibility index (Phi) is 6.21. The largest absolute Gasteiger partial charge is 0.483 e. The molecular weight excluding hydrogens is 434 g/mol. The predicted octanol–water partition coefficient (Wildman–Crippen LogP) is 4.40. The fourth-order valence-electron chi connectivity index (χ4n) is 4.05. The number of hydrogen-bond acceptors (Lipinski definition) is 4. The van der Waals surface area contributed by atoms with Crippen LogP contribution in [0.1, 0.15) is 17.5 Å². The van der Waals surface area contributed by atoms with Crippen LogP contribution in [-0.4, -0.2) is 43.4 Å². The molecule has 0 radical (unpaired) electrons. The lowest BCUT2D eigenvalue weighted by molar-refractivity contribution is -0.136. The second-order valence-corrected chi connectivity index (χ2v) is 10.6. The van der Waals surface area contributed by atoms with Gasteiger partial charge in [-0.25, -0.2) is 8.42 Å². The smallest absolute Gasteiger partial charge is 0.261 e. The molecule has 31 heavy (non-hydrogen) atoms. The third-order valence-corrected chi connectivity index (χ3v) is 7.66. The molecule has 7 heteroatoms. The van der Waals surface area contributed by atoms with E-state index >= 15 is 0 Å². The van der Waals surface area contributed by atoms with E-state index in [9.17, 15) is 13.2 Å². The monoisotopic (exact) mass is 457 g/mol. The Bertz CT molecular complexity index is 1220. The van der Waals surface area contributed by atoms with E-state index in [1.165, 1.54) is 0 Å². The minimum absolute atomic E-state index is 0.0104. The van der Waals surface area contributed by atoms with Crippen molar-refractivity contribution in [2.45, 2.75) is 25.9 Å². The zero-order valence-corrected chi connectivity index (χ0v) is 18.8. The number of ether oxygens (including phenoxy) is 1. The van der Waals surface area contributed by atoms with Gasteiger partial charge in [0.05, 0.1) is 11.5 Å². The molecular formula is C24H24ClNO4S. The molecule has 1 unspecified atom stereocenters. The Morgan fingerprint density at radius 2 is 1.90 bits per heavy atom. The summed E-state index contributed by atoms with van der Waals surface area (Å²) in [4.78, 5) is 14.9. The molecule has 0 spiro atoms. The number of sulfone groups is 1. The van der Waals surface area contributed by atoms with Crippen molar-refractivity contribution in [2.24, 2.45) is 0 Å². The van der Waals surface area contributed by atoms with Gasteiger partial charge in [-0.1, -0.05) is 54.1 Å². The Hall–Kier alpha value is -2.57. The molecule has 162 valence electrons. The van der Waals surface area contributed by atoms with Crippen molar-refractivity contribution in [1.29, 1.82) is 0 Å². The highest BCUT2D eigenvalue weighted by atomic mass is 35.5. The summed E-state index contributed by atoms with van der Waals surface area (Å²) in [6, 6.07) is 18.8. The minimum Gasteiger partial charge on any atom is -0.483 e. The Morgan fingerprint density at radius 3 is 2.65 bits per heavy atom. The standard InChI is InChI=1S/C24H24ClNO4S/c1-17-13-20(25)9-10-23(17)30-15-24(27)26(21-11-12-31(28,29)16-21)14-19-7-4-6-18-5-2-3-8-22(18)19/h2-10,13,21H,11-12,14-16H2,1H3. The van der Waals surface area contributed by atoms with Crippen LogP contribution in [0.15, 0.2) is 60.7 Å². The van der Waals surface area contributed by atoms with Gasteiger partial charge < -0.3 is 9.64 Å². The first-order valence-corrected chi connectivity index (χ1v) is 12.4. The lowest BCUT2D eigenvalue weighted by Gasteiger charge is -2.29. The van der Waals surface area contributed by atoms with Gasteiger partial charge in [0, 0.05) is 17.6 Å². The average Bonchev–Trinajstić information content (AvgIpc) is 3.10. The first-order chi connectivity index (χ1) is 14.8. The van der Waals surface area contributed by atoms with E-state index in [1.54, 1.807) is 23.1 Å². The fraction of sp³-hybridized carbons (Fsp3) is 0.292. The quantitative estimate of drug-likeness (QED) is 0.550. The van der Waals surface area contributed by atoms with Crippen LogP contribution in [-0.2, 0) is 21.2 Å². The number of fused-ring (bicyclic) bond motifs is 1. The average molecular weight is 458 g/mol. The second kappa shape index (κ2) is 8.89. The first kappa shape index (κ1) is 21.7. The molecule has 0 aliphatic carbocycles. The molecule has 0 aromatic heterocycles. The van der Waals surface area contributed by atoms with Gasteiger partial charge in [0.15, 0.2) is 16.4 Å². The minimum atomic E-state index is -3.14. The topological polar surface area (TPSA) is 63.7 Å². The number of carbonyl (C=O) groups is 1. The summed E-state index contributed by atoms with van der Waals surface area (Å²) in [5.74, 6) is 0.448. The van der Waals surface area contributed by atoms with Crippen LogP contribution < -0.4 is 4.74 Å². The van der Waals surface area contributed by atoms with Crippen LogP contribution >= 0.6 is 11.6 Å². The van der Waals surface area contributed by atoms with Gasteiger partial charge in [-0.3, -0.25) is 4.79 Å². The first-order valence-electron chi connectivity index (χ1n) is 10.2. The Labute approximate surface area is 187 Å². The van der Waals surface area contributed by atoms with E-state index in [4.69, 9.17) is 16.3 Å². The van der Waals surface area contributed by atoms with E-state index in [-0.39, 0.29) is 30.1 Å². The number of nitrogens with zero attached hydrogens (tertiary/aromatic N) is 1. The lowest BCUT2D eigenvalue weighted by atomic mass is 10.0. The number of carbonyl (C=O) groups excluding carboxylic acids is 1. The number of aryl methyl sites for hydroxylation is 1. The summed E-state index contributed by atoms with van der Waals surface area (Å²) in [5.41, 5.74) is 1.82. The molecule has 3 aromatic carbocycles. The number of amides is 1. The molecule has 1 aliphatic rings. The van der Waals surface area contributed by atoms with Crippen LogP contribution in [0.5, 0.6) is 5.75 Å². The molecule has 4 rings (SSSR count). The number of rotatable bonds is 6. The van der Waals surface area contributed by atoms with Crippen LogP contribution in [0.25, 0.3) is 10.8 Å². The zero-order chi connectivity index (χ0) is 22.0. The van der Waals surface area contributed by atoms with Crippen LogP contribution in [0.2, 0.25) is 5.02 Å². The van der Waals surface area contributed by atoms with Crippen molar-refractivity contribution in [3.8, 4) is 5.75 Å². The van der Waals surface area contributed by atoms with Gasteiger partial charge in [-0.05, 0) is 53.4 Å². The molecule has 3 aromatic rings. The third kappa shape index (κ3) is 5.02. The van der Waals surface area contributed by atoms with Gasteiger partial charge in [0.2, 0.25) is 0 Å². The number of halogens is 1. The highest BCUT2D eigenvalue weighted by Gasteiger charge is 2.35. The maximum absolute atomic E-state index is 13.2. The summed E-state index contributed by atoms with van der Waals surface area (Å²) in [6.07, 6.45) is 0.443. The van der Waals surface area contributed by atoms with Gasteiger partial charge in [0.1, 0.15) is 5.75 Å². The zero-order valence-electron chi connectivity index (χ0n) is 17.3. The van der Waals surface area contributed by atoms with E-state index < -0.39 is 9.84 Å². The normalized spacial score (nSPS) is 17.5. The highest BCUT2D eigenvalue weighted by Crippen LogP contribution is 2.26. The molecule has 1 fully saturated rings. The molecule has 1 saturated heterocycles. The van der Waals surface area contributed by atoms with Crippen LogP contribution in [0.3, 0.4) is 0 Å². The molecule has 0 bridgehead atoms. The summed E-state index contributed by atoms with van der Waals surface area (Å²) >= 11 is 5.99. The van der Waals surface area contributed by atoms with Crippen molar-refractivity contribution < 1.29 is 17.9 Å². The van der Waals surface area contributed by atoms with Gasteiger partial charge in [-0.15, -0.1) is 0 Å². The SMILES string of the molecule is Cc1cc(Cl)ccc1OCC(=O)N(Cc1cccc2ccccc12)C1CCS(=O)(=O)C1. The van der Waals surface area contributed by atoms with Crippen molar-refractivity contribution in [3.63, 3.8) is 0 Å². The molecule has 0 saturated carbocycles. The summed E-state index contributed by atoms with van der Waals surface area (Å²) in [6.45, 7) is 2.04. The van der Waals surface area contributed by atoms with Crippen molar-refractivity contribution in [3.05, 3.63) is 76.8 Å². The molecule has 1 amide bonds. The summed E-state index contributed by atoms with van der Waals surface area (Å²) < 4.78 is 30.0. The highest BCUT2D eigenvalue weighted by molar-refractivity contribution is 7.91. The van der Waals surface area contributed by atoms with E-state index in [1.807, 2.05) is 49.4 Å². The van der Waals surface area contributed by atoms with Gasteiger partial charge in [0.25, 0.3) is 5.91 Å². The summed E-state index contributed by atoms with van der Waals surface area (Å²) in [5, 5.41) is 2.74. The summed E-state index contributed by atoms with van der Waals surface area (Å²) in [7, 11) is -3.14. The Balaban J connectivity index is 1.58. The number of benzene rings is 3. The second-order valence-electron chi connectivity index (χ2n) is 7.92. The third-order valence-electron chi connectivity index (χ3n) is 5.68. The van der Waals surface area contributed by atoms with E-state index in [0.29, 0.717) is 23.7 Å². The van der Waals surface area contributed by atoms with Crippen LogP contribution in [0.4, 0.5) is 0 Å². The van der Waals surface area contributed by atoms with Crippen molar-refractivity contribution >= 4 is 38.1 Å². The van der Waals surface area contributed by atoms with Crippen LogP contribution in [0, 0.1) is 6.92 Å². The van der Waals surface area contributed by atoms with Crippen molar-refractivity contribution in [1.82, 2.24) is 4.90 Å². The Morgan fingerprint density at radius 1 is 1.13 bits per heavy atom. The van der Waals surface area contributed by atoms with Gasteiger partial charge in [-0.2, -0.15) is 0 Å². The fourth-order valence-corrected chi connectivity index (χ4v) is 6.01. The molecule has 1 atom stereocenters. The van der Waals surface area contributed by atoms with Crippen molar-refractivity contribution in [2.75, 3.05) is 18.1 Å². The maximum atomic E-state index is 13.2. The lowest BCUT2D eigenvalue weighted by Crippen LogP contribution is -2.43. The van der Waals surface area contributed by atoms with E-state index in [0.717, 1.165) is 21.9 Å². The number of hydrogen-bond donors (Lipinski definition) is 0. The molecule has 0 N–H and O–H groups in total. The predicted molar refractivity (Wildman–Crippen MR) is 123 cm³/mol.